The maximum atomic E-state index is 12.3. The van der Waals surface area contributed by atoms with Gasteiger partial charge in [-0.05, 0) is 49.9 Å². The zero-order chi connectivity index (χ0) is 16.1. The molecule has 6 heteroatoms. The summed E-state index contributed by atoms with van der Waals surface area (Å²) in [6.45, 7) is 8.68. The van der Waals surface area contributed by atoms with Gasteiger partial charge >= 0.3 is 5.97 Å². The quantitative estimate of drug-likeness (QED) is 0.489. The Morgan fingerprint density at radius 2 is 2.36 bits per heavy atom. The maximum Gasteiger partial charge on any atom is 0.341 e. The Labute approximate surface area is 140 Å². The van der Waals surface area contributed by atoms with Crippen molar-refractivity contribution in [2.75, 3.05) is 18.5 Å². The van der Waals surface area contributed by atoms with Gasteiger partial charge in [0.2, 0.25) is 0 Å². The van der Waals surface area contributed by atoms with Crippen LogP contribution in [0.15, 0.2) is 12.7 Å². The van der Waals surface area contributed by atoms with Crippen LogP contribution in [-0.4, -0.2) is 24.2 Å². The van der Waals surface area contributed by atoms with Gasteiger partial charge in [-0.2, -0.15) is 0 Å². The van der Waals surface area contributed by atoms with E-state index in [0.29, 0.717) is 29.7 Å². The van der Waals surface area contributed by atoms with Crippen LogP contribution in [0.1, 0.15) is 41.1 Å². The third-order valence-corrected chi connectivity index (χ3v) is 5.04. The normalized spacial score (nSPS) is 16.5. The van der Waals surface area contributed by atoms with E-state index in [-0.39, 0.29) is 5.97 Å². The van der Waals surface area contributed by atoms with Crippen LogP contribution in [0.25, 0.3) is 0 Å². The van der Waals surface area contributed by atoms with Gasteiger partial charge in [-0.25, -0.2) is 4.79 Å². The summed E-state index contributed by atoms with van der Waals surface area (Å²) >= 11 is 6.88. The van der Waals surface area contributed by atoms with Gasteiger partial charge < -0.3 is 15.4 Å². The number of hydrogen-bond donors (Lipinski definition) is 2. The number of hydrogen-bond acceptors (Lipinski definition) is 4. The zero-order valence-electron chi connectivity index (χ0n) is 13.0. The van der Waals surface area contributed by atoms with Gasteiger partial charge in [-0.3, -0.25) is 0 Å². The van der Waals surface area contributed by atoms with Crippen LogP contribution in [0.4, 0.5) is 5.00 Å². The van der Waals surface area contributed by atoms with E-state index < -0.39 is 0 Å². The van der Waals surface area contributed by atoms with E-state index in [2.05, 4.69) is 24.1 Å². The molecule has 0 saturated carbocycles. The van der Waals surface area contributed by atoms with Gasteiger partial charge in [0, 0.05) is 11.4 Å². The summed E-state index contributed by atoms with van der Waals surface area (Å²) in [6, 6.07) is 0. The Hall–Kier alpha value is -1.40. The van der Waals surface area contributed by atoms with E-state index >= 15 is 0 Å². The number of nitrogens with one attached hydrogen (secondary N) is 2. The summed E-state index contributed by atoms with van der Waals surface area (Å²) < 4.78 is 5.23. The van der Waals surface area contributed by atoms with Gasteiger partial charge in [-0.15, -0.1) is 17.9 Å². The van der Waals surface area contributed by atoms with Crippen LogP contribution in [0.3, 0.4) is 0 Å². The molecule has 0 saturated heterocycles. The monoisotopic (exact) mass is 338 g/mol. The van der Waals surface area contributed by atoms with Crippen molar-refractivity contribution in [3.05, 3.63) is 28.7 Å². The molecule has 0 aromatic carbocycles. The summed E-state index contributed by atoms with van der Waals surface area (Å²) in [7, 11) is 0. The van der Waals surface area contributed by atoms with E-state index in [4.69, 9.17) is 17.0 Å². The molecule has 1 aromatic rings. The molecule has 1 heterocycles. The fourth-order valence-electron chi connectivity index (χ4n) is 2.57. The molecule has 4 nitrogen and oxygen atoms in total. The SMILES string of the molecule is C=CCNC(=S)Nc1sc2c(c1C(=O)OCC)CCC(C)C2. The number of thiophene rings is 1. The van der Waals surface area contributed by atoms with Crippen molar-refractivity contribution < 1.29 is 9.53 Å². The van der Waals surface area contributed by atoms with Crippen LogP contribution in [0.5, 0.6) is 0 Å². The third kappa shape index (κ3) is 3.87. The predicted octanol–water partition coefficient (Wildman–Crippen LogP) is 3.52. The molecule has 0 amide bonds. The molecule has 1 aliphatic rings. The highest BCUT2D eigenvalue weighted by molar-refractivity contribution is 7.80. The Morgan fingerprint density at radius 1 is 1.59 bits per heavy atom. The van der Waals surface area contributed by atoms with E-state index in [1.807, 2.05) is 6.92 Å². The van der Waals surface area contributed by atoms with E-state index in [9.17, 15) is 4.79 Å². The summed E-state index contributed by atoms with van der Waals surface area (Å²) in [5.74, 6) is 0.392. The molecule has 2 N–H and O–H groups in total. The number of esters is 1. The number of fused-ring (bicyclic) bond motifs is 1. The molecule has 1 atom stereocenters. The van der Waals surface area contributed by atoms with Crippen molar-refractivity contribution in [2.45, 2.75) is 33.1 Å². The van der Waals surface area contributed by atoms with E-state index in [1.165, 1.54) is 4.88 Å². The van der Waals surface area contributed by atoms with Crippen molar-refractivity contribution in [1.29, 1.82) is 0 Å². The zero-order valence-corrected chi connectivity index (χ0v) is 14.7. The Balaban J connectivity index is 2.29. The first kappa shape index (κ1) is 17.0. The average Bonchev–Trinajstić information content (AvgIpc) is 2.82. The molecule has 0 fully saturated rings. The first-order valence-electron chi connectivity index (χ1n) is 7.54. The van der Waals surface area contributed by atoms with Crippen LogP contribution in [0, 0.1) is 5.92 Å². The van der Waals surface area contributed by atoms with Crippen LogP contribution < -0.4 is 10.6 Å². The van der Waals surface area contributed by atoms with E-state index in [0.717, 1.165) is 29.8 Å². The molecule has 1 aliphatic carbocycles. The Morgan fingerprint density at radius 3 is 3.05 bits per heavy atom. The van der Waals surface area contributed by atoms with Crippen molar-refractivity contribution >= 4 is 39.6 Å². The smallest absolute Gasteiger partial charge is 0.341 e. The van der Waals surface area contributed by atoms with Crippen LogP contribution in [0.2, 0.25) is 0 Å². The molecule has 0 radical (unpaired) electrons. The van der Waals surface area contributed by atoms with E-state index in [1.54, 1.807) is 17.4 Å². The topological polar surface area (TPSA) is 50.4 Å². The second-order valence-electron chi connectivity index (χ2n) is 5.40. The lowest BCUT2D eigenvalue weighted by Gasteiger charge is -2.18. The number of carbonyl (C=O) groups excluding carboxylic acids is 1. The second kappa shape index (κ2) is 7.74. The number of thiocarbonyl (C=S) groups is 1. The molecule has 0 bridgehead atoms. The molecular weight excluding hydrogens is 316 g/mol. The fraction of sp³-hybridized carbons (Fsp3) is 0.500. The van der Waals surface area contributed by atoms with Crippen molar-refractivity contribution in [1.82, 2.24) is 5.32 Å². The lowest BCUT2D eigenvalue weighted by molar-refractivity contribution is 0.0526. The number of anilines is 1. The number of carbonyl (C=O) groups is 1. The van der Waals surface area contributed by atoms with Gasteiger partial charge in [0.25, 0.3) is 0 Å². The summed E-state index contributed by atoms with van der Waals surface area (Å²) in [6.07, 6.45) is 4.78. The summed E-state index contributed by atoms with van der Waals surface area (Å²) in [5.41, 5.74) is 1.80. The Kier molecular flexibility index (Phi) is 5.97. The second-order valence-corrected chi connectivity index (χ2v) is 6.91. The molecule has 22 heavy (non-hydrogen) atoms. The predicted molar refractivity (Wildman–Crippen MR) is 95.9 cm³/mol. The number of rotatable bonds is 5. The molecular formula is C16H22N2O2S2. The highest BCUT2D eigenvalue weighted by atomic mass is 32.1. The van der Waals surface area contributed by atoms with Gasteiger partial charge in [-0.1, -0.05) is 13.0 Å². The largest absolute Gasteiger partial charge is 0.462 e. The standard InChI is InChI=1S/C16H22N2O2S2/c1-4-8-17-16(21)18-14-13(15(19)20-5-2)11-7-6-10(3)9-12(11)22-14/h4,10H,1,5-9H2,2-3H3,(H2,17,18,21). The third-order valence-electron chi connectivity index (χ3n) is 3.63. The maximum absolute atomic E-state index is 12.3. The fourth-order valence-corrected chi connectivity index (χ4v) is 4.22. The van der Waals surface area contributed by atoms with Crippen LogP contribution >= 0.6 is 23.6 Å². The molecule has 2 rings (SSSR count). The molecule has 1 unspecified atom stereocenters. The molecule has 0 aliphatic heterocycles. The molecule has 1 aromatic heterocycles. The van der Waals surface area contributed by atoms with Gasteiger partial charge in [0.1, 0.15) is 5.00 Å². The van der Waals surface area contributed by atoms with Crippen molar-refractivity contribution in [3.63, 3.8) is 0 Å². The van der Waals surface area contributed by atoms with Gasteiger partial charge in [0.05, 0.1) is 12.2 Å². The highest BCUT2D eigenvalue weighted by Gasteiger charge is 2.28. The Bertz CT molecular complexity index is 581. The first-order chi connectivity index (χ1) is 10.6. The first-order valence-corrected chi connectivity index (χ1v) is 8.76. The van der Waals surface area contributed by atoms with Crippen molar-refractivity contribution in [2.24, 2.45) is 5.92 Å². The minimum Gasteiger partial charge on any atom is -0.462 e. The van der Waals surface area contributed by atoms with Crippen LogP contribution in [-0.2, 0) is 17.6 Å². The van der Waals surface area contributed by atoms with Crippen molar-refractivity contribution in [3.8, 4) is 0 Å². The lowest BCUT2D eigenvalue weighted by Crippen LogP contribution is -2.28. The molecule has 120 valence electrons. The summed E-state index contributed by atoms with van der Waals surface area (Å²) in [5, 5.41) is 7.46. The minimum absolute atomic E-state index is 0.261. The van der Waals surface area contributed by atoms with Gasteiger partial charge in [0.15, 0.2) is 5.11 Å². The lowest BCUT2D eigenvalue weighted by atomic mass is 9.88. The minimum atomic E-state index is -0.261. The molecule has 0 spiro atoms. The summed E-state index contributed by atoms with van der Waals surface area (Å²) in [4.78, 5) is 13.6. The average molecular weight is 338 g/mol. The number of ether oxygens (including phenoxy) is 1. The highest BCUT2D eigenvalue weighted by Crippen LogP contribution is 2.40.